The quantitative estimate of drug-likeness (QED) is 0.810. The molecule has 0 aromatic carbocycles. The Morgan fingerprint density at radius 1 is 1.29 bits per heavy atom. The smallest absolute Gasteiger partial charge is 0.247 e. The van der Waals surface area contributed by atoms with Crippen LogP contribution >= 0.6 is 0 Å². The molecule has 4 nitrogen and oxygen atoms in total. The molecule has 4 heteroatoms. The molecule has 2 amide bonds. The lowest BCUT2D eigenvalue weighted by atomic mass is 10.00. The van der Waals surface area contributed by atoms with Gasteiger partial charge in [-0.25, -0.2) is 0 Å². The lowest BCUT2D eigenvalue weighted by Crippen LogP contribution is -2.53. The summed E-state index contributed by atoms with van der Waals surface area (Å²) in [6, 6.07) is 0. The van der Waals surface area contributed by atoms with Crippen LogP contribution < -0.4 is 5.32 Å². The van der Waals surface area contributed by atoms with Crippen LogP contribution in [-0.4, -0.2) is 35.3 Å². The molecule has 0 spiro atoms. The van der Waals surface area contributed by atoms with Gasteiger partial charge in [-0.3, -0.25) is 9.59 Å². The minimum absolute atomic E-state index is 0.0320. The first-order chi connectivity index (χ1) is 7.90. The summed E-state index contributed by atoms with van der Waals surface area (Å²) in [5.74, 6) is 0.536. The van der Waals surface area contributed by atoms with Crippen molar-refractivity contribution in [2.45, 2.75) is 52.5 Å². The van der Waals surface area contributed by atoms with Crippen LogP contribution in [0.5, 0.6) is 0 Å². The molecule has 0 atom stereocenters. The second kappa shape index (κ2) is 5.52. The fourth-order valence-electron chi connectivity index (χ4n) is 2.23. The molecule has 1 fully saturated rings. The van der Waals surface area contributed by atoms with Crippen LogP contribution in [0.25, 0.3) is 0 Å². The number of hydrogen-bond acceptors (Lipinski definition) is 2. The van der Waals surface area contributed by atoms with E-state index in [2.05, 4.69) is 19.2 Å². The zero-order valence-corrected chi connectivity index (χ0v) is 11.4. The summed E-state index contributed by atoms with van der Waals surface area (Å²) in [6.07, 6.45) is 2.56. The normalized spacial score (nSPS) is 20.4. The molecule has 1 heterocycles. The van der Waals surface area contributed by atoms with Gasteiger partial charge in [-0.05, 0) is 19.8 Å². The Morgan fingerprint density at radius 3 is 2.41 bits per heavy atom. The highest BCUT2D eigenvalue weighted by Crippen LogP contribution is 2.17. The van der Waals surface area contributed by atoms with Gasteiger partial charge < -0.3 is 10.2 Å². The Balaban J connectivity index is 2.77. The number of hydrogen-bond donors (Lipinski definition) is 1. The third-order valence-electron chi connectivity index (χ3n) is 3.52. The molecule has 17 heavy (non-hydrogen) atoms. The first kappa shape index (κ1) is 14.0. The molecule has 0 aromatic rings. The largest absolute Gasteiger partial charge is 0.342 e. The Hall–Kier alpha value is -1.06. The summed E-state index contributed by atoms with van der Waals surface area (Å²) in [6.45, 7) is 9.15. The zero-order chi connectivity index (χ0) is 13.1. The second-order valence-corrected chi connectivity index (χ2v) is 5.36. The van der Waals surface area contributed by atoms with E-state index in [1.54, 1.807) is 13.8 Å². The highest BCUT2D eigenvalue weighted by atomic mass is 16.2. The van der Waals surface area contributed by atoms with Crippen molar-refractivity contribution in [1.29, 1.82) is 0 Å². The summed E-state index contributed by atoms with van der Waals surface area (Å²) in [4.78, 5) is 25.7. The predicted molar refractivity (Wildman–Crippen MR) is 67.5 cm³/mol. The summed E-state index contributed by atoms with van der Waals surface area (Å²) >= 11 is 0. The van der Waals surface area contributed by atoms with E-state index in [1.807, 2.05) is 4.90 Å². The predicted octanol–water partition coefficient (Wildman–Crippen LogP) is 1.55. The maximum Gasteiger partial charge on any atom is 0.247 e. The van der Waals surface area contributed by atoms with E-state index < -0.39 is 5.54 Å². The minimum atomic E-state index is -0.764. The van der Waals surface area contributed by atoms with Crippen molar-refractivity contribution < 1.29 is 9.59 Å². The molecule has 1 N–H and O–H groups in total. The molecule has 0 radical (unpaired) electrons. The highest BCUT2D eigenvalue weighted by Gasteiger charge is 2.36. The SMILES string of the molecule is CCC(CC)CN1CCC(=O)NC(C)(C)C1=O. The first-order valence-electron chi connectivity index (χ1n) is 6.51. The van der Waals surface area contributed by atoms with Gasteiger partial charge in [0.1, 0.15) is 5.54 Å². The zero-order valence-electron chi connectivity index (χ0n) is 11.4. The fraction of sp³-hybridized carbons (Fsp3) is 0.846. The maximum absolute atomic E-state index is 12.3. The van der Waals surface area contributed by atoms with Crippen LogP contribution in [-0.2, 0) is 9.59 Å². The fourth-order valence-corrected chi connectivity index (χ4v) is 2.23. The van der Waals surface area contributed by atoms with Crippen molar-refractivity contribution in [3.05, 3.63) is 0 Å². The number of amides is 2. The summed E-state index contributed by atoms with van der Waals surface area (Å²) in [5, 5.41) is 2.78. The van der Waals surface area contributed by atoms with Crippen molar-refractivity contribution in [3.63, 3.8) is 0 Å². The molecule has 98 valence electrons. The Morgan fingerprint density at radius 2 is 1.88 bits per heavy atom. The average molecular weight is 240 g/mol. The molecule has 0 unspecified atom stereocenters. The summed E-state index contributed by atoms with van der Waals surface area (Å²) < 4.78 is 0. The second-order valence-electron chi connectivity index (χ2n) is 5.36. The van der Waals surface area contributed by atoms with Crippen molar-refractivity contribution in [2.24, 2.45) is 5.92 Å². The number of nitrogens with one attached hydrogen (secondary N) is 1. The molecule has 1 aliphatic heterocycles. The molecule has 1 saturated heterocycles. The van der Waals surface area contributed by atoms with Crippen LogP contribution in [0, 0.1) is 5.92 Å². The van der Waals surface area contributed by atoms with Gasteiger partial charge in [0.2, 0.25) is 11.8 Å². The van der Waals surface area contributed by atoms with Gasteiger partial charge in [0.25, 0.3) is 0 Å². The van der Waals surface area contributed by atoms with E-state index in [-0.39, 0.29) is 11.8 Å². The van der Waals surface area contributed by atoms with Crippen LogP contribution in [0.3, 0.4) is 0 Å². The van der Waals surface area contributed by atoms with Gasteiger partial charge in [-0.1, -0.05) is 26.7 Å². The molecule has 0 aliphatic carbocycles. The Kier molecular flexibility index (Phi) is 4.54. The third kappa shape index (κ3) is 3.45. The standard InChI is InChI=1S/C13H24N2O2/c1-5-10(6-2)9-15-8-7-11(16)14-13(3,4)12(15)17/h10H,5-9H2,1-4H3,(H,14,16). The van der Waals surface area contributed by atoms with Crippen molar-refractivity contribution >= 4 is 11.8 Å². The topological polar surface area (TPSA) is 49.4 Å². The molecule has 1 aliphatic rings. The van der Waals surface area contributed by atoms with Crippen molar-refractivity contribution in [1.82, 2.24) is 10.2 Å². The lowest BCUT2D eigenvalue weighted by Gasteiger charge is -2.31. The third-order valence-corrected chi connectivity index (χ3v) is 3.52. The number of carbonyl (C=O) groups is 2. The average Bonchev–Trinajstić information content (AvgIpc) is 2.36. The molecular formula is C13H24N2O2. The van der Waals surface area contributed by atoms with E-state index in [9.17, 15) is 9.59 Å². The number of carbonyl (C=O) groups excluding carboxylic acids is 2. The highest BCUT2D eigenvalue weighted by molar-refractivity contribution is 5.92. The lowest BCUT2D eigenvalue weighted by molar-refractivity contribution is -0.137. The minimum Gasteiger partial charge on any atom is -0.342 e. The van der Waals surface area contributed by atoms with E-state index in [1.165, 1.54) is 0 Å². The number of rotatable bonds is 4. The van der Waals surface area contributed by atoms with Crippen LogP contribution in [0.1, 0.15) is 47.0 Å². The van der Waals surface area contributed by atoms with Crippen molar-refractivity contribution in [2.75, 3.05) is 13.1 Å². The molecule has 0 bridgehead atoms. The van der Waals surface area contributed by atoms with Gasteiger partial charge >= 0.3 is 0 Å². The monoisotopic (exact) mass is 240 g/mol. The molecule has 1 rings (SSSR count). The van der Waals surface area contributed by atoms with Crippen LogP contribution in [0.2, 0.25) is 0 Å². The summed E-state index contributed by atoms with van der Waals surface area (Å²) in [7, 11) is 0. The van der Waals surface area contributed by atoms with Gasteiger partial charge in [-0.2, -0.15) is 0 Å². The Bertz CT molecular complexity index is 296. The van der Waals surface area contributed by atoms with Crippen LogP contribution in [0.15, 0.2) is 0 Å². The molecular weight excluding hydrogens is 216 g/mol. The molecule has 0 aromatic heterocycles. The van der Waals surface area contributed by atoms with Crippen molar-refractivity contribution in [3.8, 4) is 0 Å². The maximum atomic E-state index is 12.3. The molecule has 0 saturated carbocycles. The van der Waals surface area contributed by atoms with Gasteiger partial charge in [-0.15, -0.1) is 0 Å². The van der Waals surface area contributed by atoms with E-state index in [0.717, 1.165) is 19.4 Å². The van der Waals surface area contributed by atoms with E-state index in [4.69, 9.17) is 0 Å². The van der Waals surface area contributed by atoms with Crippen LogP contribution in [0.4, 0.5) is 0 Å². The van der Waals surface area contributed by atoms with Gasteiger partial charge in [0.05, 0.1) is 0 Å². The summed E-state index contributed by atoms with van der Waals surface area (Å²) in [5.41, 5.74) is -0.764. The van der Waals surface area contributed by atoms with Gasteiger partial charge in [0, 0.05) is 19.5 Å². The van der Waals surface area contributed by atoms with E-state index in [0.29, 0.717) is 18.9 Å². The van der Waals surface area contributed by atoms with Gasteiger partial charge in [0.15, 0.2) is 0 Å². The first-order valence-corrected chi connectivity index (χ1v) is 6.51. The number of nitrogens with zero attached hydrogens (tertiary/aromatic N) is 1. The van der Waals surface area contributed by atoms with E-state index >= 15 is 0 Å². The Labute approximate surface area is 104 Å².